The number of aliphatic carboxylic acids is 1. The zero-order valence-corrected chi connectivity index (χ0v) is 23.4. The molecule has 0 radical (unpaired) electrons. The molecule has 0 unspecified atom stereocenters. The lowest BCUT2D eigenvalue weighted by molar-refractivity contribution is -0.141. The van der Waals surface area contributed by atoms with E-state index in [1.807, 2.05) is 35.2 Å². The van der Waals surface area contributed by atoms with Crippen LogP contribution in [0.15, 0.2) is 71.7 Å². The van der Waals surface area contributed by atoms with Crippen LogP contribution in [0.4, 0.5) is 24.9 Å². The van der Waals surface area contributed by atoms with Gasteiger partial charge in [-0.05, 0) is 17.7 Å². The van der Waals surface area contributed by atoms with Crippen LogP contribution in [-0.2, 0) is 16.7 Å². The maximum atomic E-state index is 13.3. The molecule has 15 heteroatoms. The van der Waals surface area contributed by atoms with Crippen molar-refractivity contribution < 1.29 is 32.3 Å². The van der Waals surface area contributed by atoms with Gasteiger partial charge in [0.05, 0.1) is 11.8 Å². The molecule has 1 aliphatic heterocycles. The number of nitrogens with zero attached hydrogens (tertiary/aromatic N) is 6. The number of aromatic nitrogens is 4. The Kier molecular flexibility index (Phi) is 9.09. The van der Waals surface area contributed by atoms with Crippen LogP contribution in [0.1, 0.15) is 21.7 Å². The van der Waals surface area contributed by atoms with Gasteiger partial charge >= 0.3 is 12.1 Å². The molecule has 2 N–H and O–H groups in total. The molecule has 1 saturated heterocycles. The van der Waals surface area contributed by atoms with Crippen LogP contribution in [0.5, 0.6) is 0 Å². The third-order valence-corrected chi connectivity index (χ3v) is 7.65. The maximum absolute atomic E-state index is 13.3. The standard InChI is InChI=1S/C28H26F3N7O4S/c29-28(30,31)22-6-8-32-27(35-22)38-11-9-37(10-12-38)23-14-20(33-24(36-23)19-7-13-42-15-19)25(39)34-21(26(40)41)17-43-16-18-4-2-1-3-5-18/h1-8,13-15,21H,9-12,16-17H2,(H,34,39)(H,40,41)/t21-/m0/s1. The first-order valence-corrected chi connectivity index (χ1v) is 14.3. The van der Waals surface area contributed by atoms with Crippen molar-refractivity contribution in [3.05, 3.63) is 84.2 Å². The van der Waals surface area contributed by atoms with Crippen molar-refractivity contribution in [3.63, 3.8) is 0 Å². The number of carboxylic acid groups (broad SMARTS) is 1. The highest BCUT2D eigenvalue weighted by Gasteiger charge is 2.33. The summed E-state index contributed by atoms with van der Waals surface area (Å²) in [4.78, 5) is 45.3. The molecule has 0 bridgehead atoms. The number of benzene rings is 1. The van der Waals surface area contributed by atoms with E-state index in [2.05, 4.69) is 25.3 Å². The Bertz CT molecular complexity index is 1550. The molecule has 4 heterocycles. The highest BCUT2D eigenvalue weighted by molar-refractivity contribution is 7.98. The lowest BCUT2D eigenvalue weighted by atomic mass is 10.2. The Hall–Kier alpha value is -4.66. The fourth-order valence-corrected chi connectivity index (χ4v) is 5.31. The third-order valence-electron chi connectivity index (χ3n) is 6.54. The molecule has 0 aliphatic carbocycles. The fraction of sp³-hybridized carbons (Fsp3) is 0.286. The number of alkyl halides is 3. The van der Waals surface area contributed by atoms with E-state index >= 15 is 0 Å². The summed E-state index contributed by atoms with van der Waals surface area (Å²) in [5.41, 5.74) is 0.492. The van der Waals surface area contributed by atoms with Crippen molar-refractivity contribution >= 4 is 35.4 Å². The van der Waals surface area contributed by atoms with Crippen molar-refractivity contribution in [2.75, 3.05) is 41.7 Å². The number of furan rings is 1. The number of piperazine rings is 1. The van der Waals surface area contributed by atoms with E-state index in [-0.39, 0.29) is 23.2 Å². The lowest BCUT2D eigenvalue weighted by Crippen LogP contribution is -2.47. The summed E-state index contributed by atoms with van der Waals surface area (Å²) >= 11 is 1.38. The molecular weight excluding hydrogens is 587 g/mol. The molecule has 1 aliphatic rings. The van der Waals surface area contributed by atoms with Gasteiger partial charge in [0.1, 0.15) is 29.5 Å². The minimum atomic E-state index is -4.58. The number of nitrogens with one attached hydrogen (secondary N) is 1. The monoisotopic (exact) mass is 613 g/mol. The molecule has 1 aromatic carbocycles. The van der Waals surface area contributed by atoms with E-state index in [9.17, 15) is 27.9 Å². The molecular formula is C28H26F3N7O4S. The lowest BCUT2D eigenvalue weighted by Gasteiger charge is -2.35. The quantitative estimate of drug-likeness (QED) is 0.269. The Morgan fingerprint density at radius 1 is 1.02 bits per heavy atom. The van der Waals surface area contributed by atoms with E-state index in [1.54, 1.807) is 11.0 Å². The van der Waals surface area contributed by atoms with Gasteiger partial charge in [-0.2, -0.15) is 24.9 Å². The van der Waals surface area contributed by atoms with Crippen molar-refractivity contribution in [2.45, 2.75) is 18.0 Å². The van der Waals surface area contributed by atoms with Crippen molar-refractivity contribution in [1.82, 2.24) is 25.3 Å². The van der Waals surface area contributed by atoms with Crippen LogP contribution in [0, 0.1) is 0 Å². The van der Waals surface area contributed by atoms with Crippen LogP contribution in [-0.4, -0.2) is 74.9 Å². The highest BCUT2D eigenvalue weighted by Crippen LogP contribution is 2.29. The Balaban J connectivity index is 1.30. The second-order valence-electron chi connectivity index (χ2n) is 9.53. The second kappa shape index (κ2) is 13.1. The molecule has 11 nitrogen and oxygen atoms in total. The van der Waals surface area contributed by atoms with Gasteiger partial charge < -0.3 is 24.6 Å². The number of anilines is 2. The van der Waals surface area contributed by atoms with Gasteiger partial charge in [0.15, 0.2) is 5.82 Å². The molecule has 224 valence electrons. The molecule has 4 aromatic rings. The first-order chi connectivity index (χ1) is 20.7. The molecule has 1 amide bonds. The van der Waals surface area contributed by atoms with E-state index in [4.69, 9.17) is 4.42 Å². The molecule has 43 heavy (non-hydrogen) atoms. The normalized spacial score (nSPS) is 14.4. The van der Waals surface area contributed by atoms with Crippen molar-refractivity contribution in [1.29, 1.82) is 0 Å². The SMILES string of the molecule is O=C(N[C@@H](CSCc1ccccc1)C(=O)O)c1cc(N2CCN(c3nccc(C(F)(F)F)n3)CC2)nc(-c2ccoc2)n1. The van der Waals surface area contributed by atoms with E-state index in [0.717, 1.165) is 17.8 Å². The number of halogens is 3. The van der Waals surface area contributed by atoms with Gasteiger partial charge in [-0.3, -0.25) is 4.79 Å². The number of carbonyl (C=O) groups excluding carboxylic acids is 1. The number of thioether (sulfide) groups is 1. The fourth-order valence-electron chi connectivity index (χ4n) is 4.30. The van der Waals surface area contributed by atoms with Gasteiger partial charge in [0.25, 0.3) is 5.91 Å². The number of carbonyl (C=O) groups is 2. The van der Waals surface area contributed by atoms with E-state index < -0.39 is 29.8 Å². The number of hydrogen-bond acceptors (Lipinski definition) is 10. The zero-order valence-electron chi connectivity index (χ0n) is 22.6. The molecule has 1 atom stereocenters. The summed E-state index contributed by atoms with van der Waals surface area (Å²) < 4.78 is 44.5. The average Bonchev–Trinajstić information content (AvgIpc) is 3.56. The zero-order chi connectivity index (χ0) is 30.4. The summed E-state index contributed by atoms with van der Waals surface area (Å²) in [6.45, 7) is 1.29. The van der Waals surface area contributed by atoms with Gasteiger partial charge in [0, 0.05) is 49.9 Å². The van der Waals surface area contributed by atoms with Crippen molar-refractivity contribution in [3.8, 4) is 11.4 Å². The number of hydrogen-bond donors (Lipinski definition) is 2. The Morgan fingerprint density at radius 2 is 1.77 bits per heavy atom. The summed E-state index contributed by atoms with van der Waals surface area (Å²) in [5, 5.41) is 12.3. The second-order valence-corrected chi connectivity index (χ2v) is 10.6. The van der Waals surface area contributed by atoms with Crippen LogP contribution in [0.2, 0.25) is 0 Å². The molecule has 0 spiro atoms. The minimum absolute atomic E-state index is 0.0267. The average molecular weight is 614 g/mol. The van der Waals surface area contributed by atoms with Crippen LogP contribution in [0.3, 0.4) is 0 Å². The van der Waals surface area contributed by atoms with E-state index in [0.29, 0.717) is 43.3 Å². The molecule has 1 fully saturated rings. The summed E-state index contributed by atoms with van der Waals surface area (Å²) in [5.74, 6) is -0.566. The van der Waals surface area contributed by atoms with Gasteiger partial charge in [-0.1, -0.05) is 30.3 Å². The molecule has 3 aromatic heterocycles. The third kappa shape index (κ3) is 7.60. The minimum Gasteiger partial charge on any atom is -0.480 e. The van der Waals surface area contributed by atoms with Gasteiger partial charge in [0.2, 0.25) is 5.95 Å². The topological polar surface area (TPSA) is 138 Å². The summed E-state index contributed by atoms with van der Waals surface area (Å²) in [6.07, 6.45) is -0.650. The molecule has 5 rings (SSSR count). The highest BCUT2D eigenvalue weighted by atomic mass is 32.2. The predicted octanol–water partition coefficient (Wildman–Crippen LogP) is 3.99. The smallest absolute Gasteiger partial charge is 0.433 e. The van der Waals surface area contributed by atoms with Crippen LogP contribution in [0.25, 0.3) is 11.4 Å². The number of amides is 1. The van der Waals surface area contributed by atoms with Gasteiger partial charge in [-0.25, -0.2) is 24.7 Å². The van der Waals surface area contributed by atoms with Crippen LogP contribution < -0.4 is 15.1 Å². The number of rotatable bonds is 10. The Morgan fingerprint density at radius 3 is 2.44 bits per heavy atom. The number of carboxylic acids is 1. The maximum Gasteiger partial charge on any atom is 0.433 e. The van der Waals surface area contributed by atoms with Crippen molar-refractivity contribution in [2.24, 2.45) is 0 Å². The first kappa shape index (κ1) is 29.8. The predicted molar refractivity (Wildman–Crippen MR) is 153 cm³/mol. The van der Waals surface area contributed by atoms with Crippen LogP contribution >= 0.6 is 11.8 Å². The first-order valence-electron chi connectivity index (χ1n) is 13.1. The summed E-state index contributed by atoms with van der Waals surface area (Å²) in [7, 11) is 0. The Labute approximate surface area is 248 Å². The van der Waals surface area contributed by atoms with E-state index in [1.165, 1.54) is 30.4 Å². The summed E-state index contributed by atoms with van der Waals surface area (Å²) in [6, 6.07) is 12.3. The molecule has 0 saturated carbocycles. The largest absolute Gasteiger partial charge is 0.480 e. The van der Waals surface area contributed by atoms with Gasteiger partial charge in [-0.15, -0.1) is 0 Å².